The number of rotatable bonds is 4. The van der Waals surface area contributed by atoms with Crippen molar-refractivity contribution < 1.29 is 14.4 Å². The number of hydrogen-bond donors (Lipinski definition) is 1. The van der Waals surface area contributed by atoms with E-state index in [0.29, 0.717) is 12.8 Å². The summed E-state index contributed by atoms with van der Waals surface area (Å²) in [4.78, 5) is 36.2. The third-order valence-electron chi connectivity index (χ3n) is 2.73. The summed E-state index contributed by atoms with van der Waals surface area (Å²) in [6.07, 6.45) is 6.59. The molecule has 0 aromatic carbocycles. The van der Waals surface area contributed by atoms with Crippen LogP contribution in [0.25, 0.3) is 0 Å². The Kier molecular flexibility index (Phi) is 4.27. The Morgan fingerprint density at radius 2 is 2.12 bits per heavy atom. The van der Waals surface area contributed by atoms with E-state index in [1.165, 1.54) is 0 Å². The SMILES string of the molecule is C#CCC(C)N1C(=O)NC(=O)C(CCC)C1=O. The van der Waals surface area contributed by atoms with Crippen LogP contribution in [0.1, 0.15) is 33.1 Å². The average molecular weight is 236 g/mol. The van der Waals surface area contributed by atoms with Gasteiger partial charge in [0.05, 0.1) is 0 Å². The van der Waals surface area contributed by atoms with Crippen LogP contribution in [0.4, 0.5) is 4.79 Å². The monoisotopic (exact) mass is 236 g/mol. The maximum Gasteiger partial charge on any atom is 0.331 e. The van der Waals surface area contributed by atoms with Crippen LogP contribution >= 0.6 is 0 Å². The van der Waals surface area contributed by atoms with E-state index < -0.39 is 23.8 Å². The van der Waals surface area contributed by atoms with Crippen molar-refractivity contribution in [1.82, 2.24) is 10.2 Å². The topological polar surface area (TPSA) is 66.5 Å². The molecule has 0 aliphatic carbocycles. The molecule has 1 aliphatic rings. The molecule has 1 aliphatic heterocycles. The highest BCUT2D eigenvalue weighted by Crippen LogP contribution is 2.18. The molecule has 0 spiro atoms. The van der Waals surface area contributed by atoms with Crippen LogP contribution < -0.4 is 5.32 Å². The molecule has 1 heterocycles. The summed E-state index contributed by atoms with van der Waals surface area (Å²) in [6, 6.07) is -1.06. The smallest absolute Gasteiger partial charge is 0.277 e. The molecule has 17 heavy (non-hydrogen) atoms. The van der Waals surface area contributed by atoms with Gasteiger partial charge in [0.25, 0.3) is 0 Å². The number of carbonyl (C=O) groups excluding carboxylic acids is 3. The highest BCUT2D eigenvalue weighted by molar-refractivity contribution is 6.16. The van der Waals surface area contributed by atoms with E-state index in [2.05, 4.69) is 11.2 Å². The first-order valence-electron chi connectivity index (χ1n) is 5.64. The van der Waals surface area contributed by atoms with Gasteiger partial charge in [-0.2, -0.15) is 0 Å². The van der Waals surface area contributed by atoms with Gasteiger partial charge in [0.1, 0.15) is 5.92 Å². The molecule has 1 saturated heterocycles. The predicted octanol–water partition coefficient (Wildman–Crippen LogP) is 0.893. The number of hydrogen-bond acceptors (Lipinski definition) is 3. The van der Waals surface area contributed by atoms with Crippen molar-refractivity contribution in [2.75, 3.05) is 0 Å². The third kappa shape index (κ3) is 2.64. The van der Waals surface area contributed by atoms with E-state index in [1.54, 1.807) is 6.92 Å². The Morgan fingerprint density at radius 3 is 2.65 bits per heavy atom. The molecule has 4 amide bonds. The Morgan fingerprint density at radius 1 is 1.47 bits per heavy atom. The van der Waals surface area contributed by atoms with Crippen molar-refractivity contribution in [2.45, 2.75) is 39.2 Å². The summed E-state index contributed by atoms with van der Waals surface area (Å²) < 4.78 is 0. The number of nitrogens with one attached hydrogen (secondary N) is 1. The summed E-state index contributed by atoms with van der Waals surface area (Å²) in [5, 5.41) is 2.19. The van der Waals surface area contributed by atoms with Gasteiger partial charge in [-0.05, 0) is 13.3 Å². The highest BCUT2D eigenvalue weighted by Gasteiger charge is 2.41. The molecule has 2 unspecified atom stereocenters. The van der Waals surface area contributed by atoms with E-state index >= 15 is 0 Å². The molecule has 1 N–H and O–H groups in total. The van der Waals surface area contributed by atoms with Crippen LogP contribution in [0, 0.1) is 18.3 Å². The summed E-state index contributed by atoms with van der Waals surface area (Å²) in [6.45, 7) is 3.57. The van der Waals surface area contributed by atoms with Crippen LogP contribution in [0.5, 0.6) is 0 Å². The number of urea groups is 1. The fourth-order valence-electron chi connectivity index (χ4n) is 1.86. The Bertz CT molecular complexity index is 384. The summed E-state index contributed by atoms with van der Waals surface area (Å²) >= 11 is 0. The van der Waals surface area contributed by atoms with E-state index in [1.807, 2.05) is 6.92 Å². The van der Waals surface area contributed by atoms with Crippen molar-refractivity contribution in [1.29, 1.82) is 0 Å². The standard InChI is InChI=1S/C12H16N2O3/c1-4-6-8(3)14-11(16)9(7-5-2)10(15)13-12(14)17/h1,8-9H,5-7H2,2-3H3,(H,13,15,17). The molecule has 2 atom stereocenters. The maximum absolute atomic E-state index is 12.0. The van der Waals surface area contributed by atoms with Crippen molar-refractivity contribution >= 4 is 17.8 Å². The summed E-state index contributed by atoms with van der Waals surface area (Å²) in [5.74, 6) is 0.690. The first-order valence-corrected chi connectivity index (χ1v) is 5.64. The van der Waals surface area contributed by atoms with Crippen molar-refractivity contribution in [2.24, 2.45) is 5.92 Å². The minimum absolute atomic E-state index is 0.284. The van der Waals surface area contributed by atoms with Gasteiger partial charge < -0.3 is 0 Å². The predicted molar refractivity (Wildman–Crippen MR) is 61.7 cm³/mol. The van der Waals surface area contributed by atoms with Gasteiger partial charge in [-0.3, -0.25) is 19.8 Å². The molecule has 0 aromatic rings. The van der Waals surface area contributed by atoms with Gasteiger partial charge >= 0.3 is 6.03 Å². The second-order valence-electron chi connectivity index (χ2n) is 4.10. The first-order chi connectivity index (χ1) is 8.02. The number of imide groups is 2. The van der Waals surface area contributed by atoms with Gasteiger partial charge in [0.2, 0.25) is 11.8 Å². The van der Waals surface area contributed by atoms with Gasteiger partial charge in [-0.25, -0.2) is 4.79 Å². The molecule has 0 aromatic heterocycles. The van der Waals surface area contributed by atoms with Gasteiger partial charge in [-0.15, -0.1) is 12.3 Å². The zero-order chi connectivity index (χ0) is 13.0. The van der Waals surface area contributed by atoms with Gasteiger partial charge in [-0.1, -0.05) is 13.3 Å². The Balaban J connectivity index is 2.90. The first kappa shape index (κ1) is 13.2. The van der Waals surface area contributed by atoms with E-state index in [0.717, 1.165) is 4.90 Å². The zero-order valence-corrected chi connectivity index (χ0v) is 10.0. The molecule has 1 rings (SSSR count). The molecule has 92 valence electrons. The lowest BCUT2D eigenvalue weighted by Gasteiger charge is -2.33. The van der Waals surface area contributed by atoms with Crippen LogP contribution in [0.15, 0.2) is 0 Å². The van der Waals surface area contributed by atoms with Crippen LogP contribution in [-0.4, -0.2) is 28.8 Å². The van der Waals surface area contributed by atoms with E-state index in [4.69, 9.17) is 6.42 Å². The average Bonchev–Trinajstić information content (AvgIpc) is 2.24. The fraction of sp³-hybridized carbons (Fsp3) is 0.583. The van der Waals surface area contributed by atoms with E-state index in [9.17, 15) is 14.4 Å². The van der Waals surface area contributed by atoms with Crippen molar-refractivity contribution in [3.05, 3.63) is 0 Å². The molecule has 5 heteroatoms. The zero-order valence-electron chi connectivity index (χ0n) is 10.0. The van der Waals surface area contributed by atoms with Gasteiger partial charge in [0, 0.05) is 12.5 Å². The van der Waals surface area contributed by atoms with Crippen molar-refractivity contribution in [3.63, 3.8) is 0 Å². The van der Waals surface area contributed by atoms with Gasteiger partial charge in [0.15, 0.2) is 0 Å². The summed E-state index contributed by atoms with van der Waals surface area (Å²) in [5.41, 5.74) is 0. The number of carbonyl (C=O) groups is 3. The molecule has 1 fully saturated rings. The number of amides is 4. The summed E-state index contributed by atoms with van der Waals surface area (Å²) in [7, 11) is 0. The largest absolute Gasteiger partial charge is 0.331 e. The van der Waals surface area contributed by atoms with Crippen LogP contribution in [0.2, 0.25) is 0 Å². The molecule has 0 radical (unpaired) electrons. The minimum atomic E-state index is -0.766. The quantitative estimate of drug-likeness (QED) is 0.582. The lowest BCUT2D eigenvalue weighted by atomic mass is 9.98. The molecular formula is C12H16N2O3. The number of barbiturate groups is 1. The van der Waals surface area contributed by atoms with Crippen molar-refractivity contribution in [3.8, 4) is 12.3 Å². The Labute approximate surface area is 101 Å². The second kappa shape index (κ2) is 5.48. The molecule has 5 nitrogen and oxygen atoms in total. The number of terminal acetylenes is 1. The second-order valence-corrected chi connectivity index (χ2v) is 4.10. The highest BCUT2D eigenvalue weighted by atomic mass is 16.2. The lowest BCUT2D eigenvalue weighted by Crippen LogP contribution is -2.60. The maximum atomic E-state index is 12.0. The van der Waals surface area contributed by atoms with Crippen LogP contribution in [-0.2, 0) is 9.59 Å². The lowest BCUT2D eigenvalue weighted by molar-refractivity contribution is -0.144. The molecule has 0 bridgehead atoms. The molecular weight excluding hydrogens is 220 g/mol. The fourth-order valence-corrected chi connectivity index (χ4v) is 1.86. The van der Waals surface area contributed by atoms with Crippen LogP contribution in [0.3, 0.4) is 0 Å². The minimum Gasteiger partial charge on any atom is -0.277 e. The normalized spacial score (nSPS) is 22.1. The Hall–Kier alpha value is -1.83. The number of nitrogens with zero attached hydrogens (tertiary/aromatic N) is 1. The third-order valence-corrected chi connectivity index (χ3v) is 2.73. The van der Waals surface area contributed by atoms with E-state index in [-0.39, 0.29) is 12.5 Å². The molecule has 0 saturated carbocycles.